The molecule has 0 atom stereocenters. The fourth-order valence-electron chi connectivity index (χ4n) is 3.89. The van der Waals surface area contributed by atoms with Gasteiger partial charge in [0.15, 0.2) is 0 Å². The zero-order valence-electron chi connectivity index (χ0n) is 16.8. The van der Waals surface area contributed by atoms with Crippen molar-refractivity contribution in [3.63, 3.8) is 0 Å². The number of hydrogen-bond acceptors (Lipinski definition) is 4. The number of nitrogens with one attached hydrogen (secondary N) is 1. The van der Waals surface area contributed by atoms with Gasteiger partial charge >= 0.3 is 0 Å². The summed E-state index contributed by atoms with van der Waals surface area (Å²) in [5, 5.41) is 2.85. The predicted molar refractivity (Wildman–Crippen MR) is 114 cm³/mol. The van der Waals surface area contributed by atoms with Crippen molar-refractivity contribution in [3.05, 3.63) is 60.2 Å². The first-order valence-electron chi connectivity index (χ1n) is 9.88. The third-order valence-corrected chi connectivity index (χ3v) is 5.43. The van der Waals surface area contributed by atoms with Crippen LogP contribution in [0.3, 0.4) is 0 Å². The van der Waals surface area contributed by atoms with Crippen LogP contribution >= 0.6 is 0 Å². The molecule has 154 valence electrons. The lowest BCUT2D eigenvalue weighted by Gasteiger charge is -2.20. The largest absolute Gasteiger partial charge is 0.495 e. The molecule has 2 aromatic carbocycles. The molecule has 30 heavy (non-hydrogen) atoms. The van der Waals surface area contributed by atoms with E-state index in [9.17, 15) is 14.4 Å². The second kappa shape index (κ2) is 8.02. The first-order valence-corrected chi connectivity index (χ1v) is 9.88. The quantitative estimate of drug-likeness (QED) is 0.800. The molecule has 2 heterocycles. The summed E-state index contributed by atoms with van der Waals surface area (Å²) < 4.78 is 5.37. The van der Waals surface area contributed by atoms with Crippen molar-refractivity contribution in [2.45, 2.75) is 19.3 Å². The number of benzene rings is 2. The SMILES string of the molecule is C=C1c2ccccc2C(=O)N1CCC(=O)Nc1ccc(OC)c(N2CCCC2=O)c1. The van der Waals surface area contributed by atoms with Crippen molar-refractivity contribution in [1.82, 2.24) is 4.90 Å². The maximum Gasteiger partial charge on any atom is 0.258 e. The second-order valence-electron chi connectivity index (χ2n) is 7.28. The first kappa shape index (κ1) is 19.7. The average molecular weight is 405 g/mol. The van der Waals surface area contributed by atoms with Gasteiger partial charge in [-0.05, 0) is 30.7 Å². The zero-order valence-corrected chi connectivity index (χ0v) is 16.8. The van der Waals surface area contributed by atoms with Crippen molar-refractivity contribution >= 4 is 34.8 Å². The third kappa shape index (κ3) is 3.54. The van der Waals surface area contributed by atoms with Gasteiger partial charge in [-0.1, -0.05) is 24.8 Å². The Bertz CT molecular complexity index is 1010. The molecular weight excluding hydrogens is 382 g/mol. The first-order chi connectivity index (χ1) is 14.5. The van der Waals surface area contributed by atoms with Crippen molar-refractivity contribution in [3.8, 4) is 5.75 Å². The van der Waals surface area contributed by atoms with Crippen LogP contribution in [0.15, 0.2) is 49.0 Å². The van der Waals surface area contributed by atoms with Crippen LogP contribution in [-0.2, 0) is 9.59 Å². The summed E-state index contributed by atoms with van der Waals surface area (Å²) in [5.74, 6) is 0.264. The van der Waals surface area contributed by atoms with E-state index in [1.807, 2.05) is 18.2 Å². The molecule has 0 radical (unpaired) electrons. The topological polar surface area (TPSA) is 79.0 Å². The molecule has 2 aliphatic heterocycles. The lowest BCUT2D eigenvalue weighted by atomic mass is 10.1. The molecule has 0 saturated carbocycles. The molecule has 0 aliphatic carbocycles. The van der Waals surface area contributed by atoms with Crippen LogP contribution in [0.2, 0.25) is 0 Å². The van der Waals surface area contributed by atoms with E-state index in [2.05, 4.69) is 11.9 Å². The highest BCUT2D eigenvalue weighted by Crippen LogP contribution is 2.34. The highest BCUT2D eigenvalue weighted by atomic mass is 16.5. The molecule has 7 heteroatoms. The van der Waals surface area contributed by atoms with Crippen LogP contribution in [-0.4, -0.2) is 42.8 Å². The Morgan fingerprint density at radius 2 is 1.93 bits per heavy atom. The molecule has 2 aromatic rings. The molecule has 4 rings (SSSR count). The minimum absolute atomic E-state index is 0.0439. The molecule has 1 saturated heterocycles. The van der Waals surface area contributed by atoms with Gasteiger partial charge in [-0.2, -0.15) is 0 Å². The minimum atomic E-state index is -0.226. The monoisotopic (exact) mass is 405 g/mol. The Kier molecular flexibility index (Phi) is 5.27. The van der Waals surface area contributed by atoms with Crippen LogP contribution in [0.1, 0.15) is 35.2 Å². The molecule has 2 aliphatic rings. The Morgan fingerprint density at radius 3 is 2.60 bits per heavy atom. The van der Waals surface area contributed by atoms with Gasteiger partial charge in [0.05, 0.1) is 12.8 Å². The average Bonchev–Trinajstić information content (AvgIpc) is 3.28. The van der Waals surface area contributed by atoms with E-state index in [0.29, 0.717) is 41.4 Å². The van der Waals surface area contributed by atoms with Crippen LogP contribution in [0.5, 0.6) is 5.75 Å². The van der Waals surface area contributed by atoms with Crippen molar-refractivity contribution in [1.29, 1.82) is 0 Å². The van der Waals surface area contributed by atoms with Crippen molar-refractivity contribution in [2.75, 3.05) is 30.4 Å². The third-order valence-electron chi connectivity index (χ3n) is 5.43. The lowest BCUT2D eigenvalue weighted by molar-refractivity contribution is -0.117. The smallest absolute Gasteiger partial charge is 0.258 e. The van der Waals surface area contributed by atoms with E-state index >= 15 is 0 Å². The van der Waals surface area contributed by atoms with Gasteiger partial charge in [-0.15, -0.1) is 0 Å². The summed E-state index contributed by atoms with van der Waals surface area (Å²) in [6.45, 7) is 4.87. The number of amides is 3. The summed E-state index contributed by atoms with van der Waals surface area (Å²) in [4.78, 5) is 40.4. The molecule has 0 aromatic heterocycles. The number of hydrogen-bond donors (Lipinski definition) is 1. The molecule has 3 amide bonds. The number of anilines is 2. The Balaban J connectivity index is 1.42. The highest BCUT2D eigenvalue weighted by molar-refractivity contribution is 6.09. The summed E-state index contributed by atoms with van der Waals surface area (Å²) in [7, 11) is 1.55. The standard InChI is InChI=1S/C23H23N3O4/c1-15-17-6-3-4-7-18(17)23(29)25(15)13-11-21(27)24-16-9-10-20(30-2)19(14-16)26-12-5-8-22(26)28/h3-4,6-7,9-10,14H,1,5,8,11-13H2,2H3,(H,24,27). The molecule has 7 nitrogen and oxygen atoms in total. The van der Waals surface area contributed by atoms with Crippen LogP contribution in [0.25, 0.3) is 5.70 Å². The van der Waals surface area contributed by atoms with Crippen LogP contribution in [0.4, 0.5) is 11.4 Å². The van der Waals surface area contributed by atoms with E-state index in [4.69, 9.17) is 4.74 Å². The van der Waals surface area contributed by atoms with Crippen LogP contribution in [0, 0.1) is 0 Å². The van der Waals surface area contributed by atoms with Crippen LogP contribution < -0.4 is 15.0 Å². The van der Waals surface area contributed by atoms with Crippen molar-refractivity contribution in [2.24, 2.45) is 0 Å². The number of nitrogens with zero attached hydrogens (tertiary/aromatic N) is 2. The molecule has 0 bridgehead atoms. The Morgan fingerprint density at radius 1 is 1.17 bits per heavy atom. The van der Waals surface area contributed by atoms with E-state index in [1.54, 1.807) is 36.3 Å². The van der Waals surface area contributed by atoms with Gasteiger partial charge in [0, 0.05) is 48.4 Å². The fraction of sp³-hybridized carbons (Fsp3) is 0.261. The van der Waals surface area contributed by atoms with Crippen molar-refractivity contribution < 1.29 is 19.1 Å². The molecule has 0 spiro atoms. The minimum Gasteiger partial charge on any atom is -0.495 e. The van der Waals surface area contributed by atoms with E-state index in [0.717, 1.165) is 12.0 Å². The zero-order chi connectivity index (χ0) is 21.3. The summed E-state index contributed by atoms with van der Waals surface area (Å²) in [6, 6.07) is 12.5. The number of carbonyl (C=O) groups is 3. The van der Waals surface area contributed by atoms with E-state index < -0.39 is 0 Å². The fourth-order valence-corrected chi connectivity index (χ4v) is 3.89. The molecule has 0 unspecified atom stereocenters. The highest BCUT2D eigenvalue weighted by Gasteiger charge is 2.30. The van der Waals surface area contributed by atoms with Gasteiger partial charge in [-0.25, -0.2) is 0 Å². The maximum atomic E-state index is 12.6. The molecule has 1 fully saturated rings. The lowest BCUT2D eigenvalue weighted by Crippen LogP contribution is -2.27. The number of fused-ring (bicyclic) bond motifs is 1. The second-order valence-corrected chi connectivity index (χ2v) is 7.28. The summed E-state index contributed by atoms with van der Waals surface area (Å²) >= 11 is 0. The van der Waals surface area contributed by atoms with E-state index in [1.165, 1.54) is 4.90 Å². The number of ether oxygens (including phenoxy) is 1. The summed E-state index contributed by atoms with van der Waals surface area (Å²) in [5.41, 5.74) is 3.25. The Hall–Kier alpha value is -3.61. The number of methoxy groups -OCH3 is 1. The molecular formula is C23H23N3O4. The normalized spacial score (nSPS) is 15.6. The number of carbonyl (C=O) groups excluding carboxylic acids is 3. The Labute approximate surface area is 174 Å². The van der Waals surface area contributed by atoms with E-state index in [-0.39, 0.29) is 30.7 Å². The van der Waals surface area contributed by atoms with Gasteiger partial charge in [0.25, 0.3) is 5.91 Å². The van der Waals surface area contributed by atoms with Gasteiger partial charge in [0.2, 0.25) is 11.8 Å². The van der Waals surface area contributed by atoms with Gasteiger partial charge in [-0.3, -0.25) is 14.4 Å². The number of rotatable bonds is 6. The predicted octanol–water partition coefficient (Wildman–Crippen LogP) is 3.28. The maximum absolute atomic E-state index is 12.6. The van der Waals surface area contributed by atoms with Gasteiger partial charge < -0.3 is 19.9 Å². The van der Waals surface area contributed by atoms with Gasteiger partial charge in [0.1, 0.15) is 5.75 Å². The summed E-state index contributed by atoms with van der Waals surface area (Å²) in [6.07, 6.45) is 1.44. The molecule has 1 N–H and O–H groups in total.